The van der Waals surface area contributed by atoms with Gasteiger partial charge in [-0.15, -0.1) is 0 Å². The Kier molecular flexibility index (Phi) is 6.10. The second-order valence-electron chi connectivity index (χ2n) is 6.62. The monoisotopic (exact) mass is 367 g/mol. The fourth-order valence-corrected chi connectivity index (χ4v) is 3.14. The molecule has 0 aromatic heterocycles. The van der Waals surface area contributed by atoms with E-state index >= 15 is 0 Å². The average Bonchev–Trinajstić information content (AvgIpc) is 2.72. The zero-order valence-electron chi connectivity index (χ0n) is 15.2. The Morgan fingerprint density at radius 1 is 1.26 bits per heavy atom. The van der Waals surface area contributed by atoms with Crippen molar-refractivity contribution in [1.29, 1.82) is 0 Å². The van der Waals surface area contributed by atoms with Crippen molar-refractivity contribution < 1.29 is 19.0 Å². The summed E-state index contributed by atoms with van der Waals surface area (Å²) >= 11 is 0. The lowest BCUT2D eigenvalue weighted by Crippen LogP contribution is -2.40. The van der Waals surface area contributed by atoms with Gasteiger partial charge in [0.15, 0.2) is 0 Å². The highest BCUT2D eigenvalue weighted by atomic mass is 19.1. The fourth-order valence-electron chi connectivity index (χ4n) is 3.14. The number of carbonyl (C=O) groups excluding carboxylic acids is 1. The van der Waals surface area contributed by atoms with Crippen LogP contribution in [0, 0.1) is 23.6 Å². The smallest absolute Gasteiger partial charge is 0.253 e. The summed E-state index contributed by atoms with van der Waals surface area (Å²) in [5, 5.41) is 9.31. The van der Waals surface area contributed by atoms with Crippen molar-refractivity contribution in [2.24, 2.45) is 5.92 Å². The first-order chi connectivity index (χ1) is 13.1. The molecule has 1 atom stereocenters. The molecular weight excluding hydrogens is 345 g/mol. The van der Waals surface area contributed by atoms with Crippen LogP contribution in [0.5, 0.6) is 5.75 Å². The van der Waals surface area contributed by atoms with Crippen LogP contribution in [-0.4, -0.2) is 42.7 Å². The number of piperidine rings is 1. The highest BCUT2D eigenvalue weighted by Crippen LogP contribution is 2.19. The van der Waals surface area contributed by atoms with E-state index in [9.17, 15) is 14.3 Å². The van der Waals surface area contributed by atoms with Crippen LogP contribution in [0.3, 0.4) is 0 Å². The van der Waals surface area contributed by atoms with Gasteiger partial charge in [0.2, 0.25) is 0 Å². The maximum atomic E-state index is 13.9. The SMILES string of the molecule is COc1ccc(C#Cc2ccc(C(=O)N3CCC[C@@H](CO)C3)cc2)c(F)c1. The molecule has 1 N–H and O–H groups in total. The number of likely N-dealkylation sites (tertiary alicyclic amines) is 1. The Morgan fingerprint density at radius 3 is 2.70 bits per heavy atom. The summed E-state index contributed by atoms with van der Waals surface area (Å²) in [7, 11) is 1.48. The molecule has 0 unspecified atom stereocenters. The minimum absolute atomic E-state index is 0.0335. The molecule has 1 aliphatic heterocycles. The van der Waals surface area contributed by atoms with Gasteiger partial charge in [0.1, 0.15) is 11.6 Å². The summed E-state index contributed by atoms with van der Waals surface area (Å²) < 4.78 is 18.9. The summed E-state index contributed by atoms with van der Waals surface area (Å²) in [4.78, 5) is 14.4. The third-order valence-electron chi connectivity index (χ3n) is 4.71. The van der Waals surface area contributed by atoms with E-state index in [0.717, 1.165) is 12.8 Å². The molecule has 27 heavy (non-hydrogen) atoms. The highest BCUT2D eigenvalue weighted by Gasteiger charge is 2.23. The van der Waals surface area contributed by atoms with E-state index in [1.165, 1.54) is 13.2 Å². The summed E-state index contributed by atoms with van der Waals surface area (Å²) in [5.41, 5.74) is 1.59. The van der Waals surface area contributed by atoms with E-state index in [2.05, 4.69) is 11.8 Å². The number of aliphatic hydroxyl groups is 1. The maximum absolute atomic E-state index is 13.9. The molecule has 1 aliphatic rings. The Labute approximate surface area is 158 Å². The molecule has 0 saturated carbocycles. The number of benzene rings is 2. The Hall–Kier alpha value is -2.84. The molecule has 3 rings (SSSR count). The molecule has 0 bridgehead atoms. The first-order valence-electron chi connectivity index (χ1n) is 8.96. The van der Waals surface area contributed by atoms with Crippen molar-refractivity contribution in [3.05, 3.63) is 65.0 Å². The molecule has 2 aromatic rings. The van der Waals surface area contributed by atoms with E-state index in [1.807, 2.05) is 0 Å². The van der Waals surface area contributed by atoms with Crippen LogP contribution in [-0.2, 0) is 0 Å². The summed E-state index contributed by atoms with van der Waals surface area (Å²) in [6.07, 6.45) is 1.87. The van der Waals surface area contributed by atoms with Crippen LogP contribution >= 0.6 is 0 Å². The minimum Gasteiger partial charge on any atom is -0.497 e. The van der Waals surface area contributed by atoms with Crippen LogP contribution < -0.4 is 4.74 Å². The van der Waals surface area contributed by atoms with Gasteiger partial charge in [-0.3, -0.25) is 4.79 Å². The molecule has 1 heterocycles. The minimum atomic E-state index is -0.433. The van der Waals surface area contributed by atoms with Crippen LogP contribution in [0.15, 0.2) is 42.5 Å². The number of amides is 1. The zero-order valence-corrected chi connectivity index (χ0v) is 15.2. The van der Waals surface area contributed by atoms with Crippen LogP contribution in [0.4, 0.5) is 4.39 Å². The number of carbonyl (C=O) groups is 1. The van der Waals surface area contributed by atoms with Gasteiger partial charge in [-0.05, 0) is 55.2 Å². The molecule has 0 spiro atoms. The number of rotatable bonds is 3. The predicted molar refractivity (Wildman–Crippen MR) is 101 cm³/mol. The number of hydrogen-bond acceptors (Lipinski definition) is 3. The average molecular weight is 367 g/mol. The summed E-state index contributed by atoms with van der Waals surface area (Å²) in [6, 6.07) is 11.5. The van der Waals surface area contributed by atoms with Gasteiger partial charge in [-0.2, -0.15) is 0 Å². The van der Waals surface area contributed by atoms with Gasteiger partial charge in [0.05, 0.1) is 12.7 Å². The quantitative estimate of drug-likeness (QED) is 0.849. The molecule has 5 heteroatoms. The molecule has 1 amide bonds. The van der Waals surface area contributed by atoms with E-state index < -0.39 is 5.82 Å². The zero-order chi connectivity index (χ0) is 19.2. The van der Waals surface area contributed by atoms with Crippen molar-refractivity contribution in [3.8, 4) is 17.6 Å². The van der Waals surface area contributed by atoms with Gasteiger partial charge in [-0.25, -0.2) is 4.39 Å². The Morgan fingerprint density at radius 2 is 2.04 bits per heavy atom. The molecule has 0 radical (unpaired) electrons. The Bertz CT molecular complexity index is 867. The van der Waals surface area contributed by atoms with Crippen LogP contribution in [0.1, 0.15) is 34.3 Å². The lowest BCUT2D eigenvalue weighted by Gasteiger charge is -2.31. The number of hydrogen-bond donors (Lipinski definition) is 1. The normalized spacial score (nSPS) is 16.4. The first-order valence-corrected chi connectivity index (χ1v) is 8.96. The second kappa shape index (κ2) is 8.70. The maximum Gasteiger partial charge on any atom is 0.253 e. The van der Waals surface area contributed by atoms with E-state index in [4.69, 9.17) is 4.74 Å². The molecule has 4 nitrogen and oxygen atoms in total. The van der Waals surface area contributed by atoms with Gasteiger partial charge in [-0.1, -0.05) is 11.8 Å². The summed E-state index contributed by atoms with van der Waals surface area (Å²) in [6.45, 7) is 1.42. The van der Waals surface area contributed by atoms with Gasteiger partial charge >= 0.3 is 0 Å². The van der Waals surface area contributed by atoms with E-state index in [-0.39, 0.29) is 18.4 Å². The third kappa shape index (κ3) is 4.66. The molecule has 1 saturated heterocycles. The predicted octanol–water partition coefficient (Wildman–Crippen LogP) is 3.08. The van der Waals surface area contributed by atoms with Crippen molar-refractivity contribution in [1.82, 2.24) is 4.90 Å². The number of aliphatic hydroxyl groups excluding tert-OH is 1. The van der Waals surface area contributed by atoms with Crippen LogP contribution in [0.25, 0.3) is 0 Å². The third-order valence-corrected chi connectivity index (χ3v) is 4.71. The number of ether oxygens (including phenoxy) is 1. The standard InChI is InChI=1S/C22H22FNO3/c1-27-20-11-10-18(21(23)13-20)7-4-16-5-8-19(9-6-16)22(26)24-12-2-3-17(14-24)15-25/h5-6,8-11,13,17,25H,2-3,12,14-15H2,1H3/t17-/m1/s1. The Balaban J connectivity index is 1.70. The number of nitrogens with zero attached hydrogens (tertiary/aromatic N) is 1. The molecule has 2 aromatic carbocycles. The van der Waals surface area contributed by atoms with Crippen molar-refractivity contribution in [2.75, 3.05) is 26.8 Å². The fraction of sp³-hybridized carbons (Fsp3) is 0.318. The van der Waals surface area contributed by atoms with Crippen molar-refractivity contribution >= 4 is 5.91 Å². The highest BCUT2D eigenvalue weighted by molar-refractivity contribution is 5.94. The van der Waals surface area contributed by atoms with Gasteiger partial charge in [0, 0.05) is 36.9 Å². The largest absolute Gasteiger partial charge is 0.497 e. The van der Waals surface area contributed by atoms with Crippen molar-refractivity contribution in [2.45, 2.75) is 12.8 Å². The van der Waals surface area contributed by atoms with Gasteiger partial charge in [0.25, 0.3) is 5.91 Å². The van der Waals surface area contributed by atoms with E-state index in [0.29, 0.717) is 35.5 Å². The number of methoxy groups -OCH3 is 1. The molecule has 140 valence electrons. The van der Waals surface area contributed by atoms with Crippen molar-refractivity contribution in [3.63, 3.8) is 0 Å². The molecule has 1 fully saturated rings. The molecular formula is C22H22FNO3. The topological polar surface area (TPSA) is 49.8 Å². The lowest BCUT2D eigenvalue weighted by atomic mass is 9.98. The van der Waals surface area contributed by atoms with E-state index in [1.54, 1.807) is 41.3 Å². The second-order valence-corrected chi connectivity index (χ2v) is 6.62. The lowest BCUT2D eigenvalue weighted by molar-refractivity contribution is 0.0620. The summed E-state index contributed by atoms with van der Waals surface area (Å²) in [5.74, 6) is 5.85. The first kappa shape index (κ1) is 18.9. The molecule has 0 aliphatic carbocycles. The number of halogens is 1. The van der Waals surface area contributed by atoms with Crippen LogP contribution in [0.2, 0.25) is 0 Å². The van der Waals surface area contributed by atoms with Gasteiger partial charge < -0.3 is 14.7 Å².